The predicted octanol–water partition coefficient (Wildman–Crippen LogP) is 2.79. The number of pyridine rings is 1. The minimum atomic E-state index is -0.370. The number of methoxy groups -OCH3 is 1. The number of benzene rings is 1. The van der Waals surface area contributed by atoms with Crippen LogP contribution < -0.4 is 15.7 Å². The van der Waals surface area contributed by atoms with Gasteiger partial charge < -0.3 is 10.1 Å². The number of amides is 1. The summed E-state index contributed by atoms with van der Waals surface area (Å²) in [7, 11) is 1.60. The first-order chi connectivity index (χ1) is 12.2. The lowest BCUT2D eigenvalue weighted by atomic mass is 10.2. The summed E-state index contributed by atoms with van der Waals surface area (Å²) in [6.07, 6.45) is 3.11. The number of aromatic nitrogens is 3. The molecule has 4 rings (SSSR count). The molecule has 0 saturated heterocycles. The smallest absolute Gasteiger partial charge is 0.281 e. The minimum Gasteiger partial charge on any atom is -0.495 e. The number of ether oxygens (including phenoxy) is 1. The Morgan fingerprint density at radius 1 is 1.42 bits per heavy atom. The molecule has 0 unspecified atom stereocenters. The van der Waals surface area contributed by atoms with Crippen molar-refractivity contribution < 1.29 is 9.53 Å². The Morgan fingerprint density at radius 2 is 2.27 bits per heavy atom. The fourth-order valence-corrected chi connectivity index (χ4v) is 3.32. The van der Waals surface area contributed by atoms with E-state index in [2.05, 4.69) is 36.2 Å². The van der Waals surface area contributed by atoms with Gasteiger partial charge in [0, 0.05) is 36.9 Å². The molecule has 1 N–H and O–H groups in total. The van der Waals surface area contributed by atoms with Crippen LogP contribution in [0.3, 0.4) is 0 Å². The van der Waals surface area contributed by atoms with Gasteiger partial charge >= 0.3 is 0 Å². The second-order valence-electron chi connectivity index (χ2n) is 5.50. The lowest BCUT2D eigenvalue weighted by Gasteiger charge is -2.10. The molecule has 1 aliphatic heterocycles. The Labute approximate surface area is 163 Å². The summed E-state index contributed by atoms with van der Waals surface area (Å²) in [5.41, 5.74) is 1.50. The second kappa shape index (κ2) is 7.43. The Morgan fingerprint density at radius 3 is 3.00 bits per heavy atom. The van der Waals surface area contributed by atoms with E-state index in [4.69, 9.17) is 4.74 Å². The van der Waals surface area contributed by atoms with E-state index in [9.17, 15) is 4.79 Å². The summed E-state index contributed by atoms with van der Waals surface area (Å²) in [6.45, 7) is 1.45. The van der Waals surface area contributed by atoms with Gasteiger partial charge in [-0.25, -0.2) is 4.98 Å². The molecule has 1 amide bonds. The third kappa shape index (κ3) is 3.17. The van der Waals surface area contributed by atoms with E-state index in [1.165, 1.54) is 6.20 Å². The summed E-state index contributed by atoms with van der Waals surface area (Å²) in [5.74, 6) is 1.20. The van der Waals surface area contributed by atoms with Gasteiger partial charge in [-0.2, -0.15) is 4.99 Å². The Kier molecular flexibility index (Phi) is 5.24. The molecule has 0 saturated carbocycles. The number of hydrogen-bond acceptors (Lipinski definition) is 5. The largest absolute Gasteiger partial charge is 0.495 e. The maximum atomic E-state index is 12.4. The first-order valence-corrected chi connectivity index (χ1v) is 8.48. The van der Waals surface area contributed by atoms with Crippen molar-refractivity contribution in [2.45, 2.75) is 6.54 Å². The highest BCUT2D eigenvalue weighted by Gasteiger charge is 2.18. The zero-order valence-electron chi connectivity index (χ0n) is 13.8. The molecule has 26 heavy (non-hydrogen) atoms. The lowest BCUT2D eigenvalue weighted by Crippen LogP contribution is -2.24. The summed E-state index contributed by atoms with van der Waals surface area (Å²) >= 11 is 3.50. The predicted molar refractivity (Wildman–Crippen MR) is 104 cm³/mol. The first-order valence-electron chi connectivity index (χ1n) is 7.68. The second-order valence-corrected chi connectivity index (χ2v) is 6.36. The summed E-state index contributed by atoms with van der Waals surface area (Å²) < 4.78 is 8.10. The van der Waals surface area contributed by atoms with Gasteiger partial charge in [0.25, 0.3) is 5.91 Å². The molecule has 3 heterocycles. The van der Waals surface area contributed by atoms with Gasteiger partial charge in [-0.05, 0) is 34.1 Å². The van der Waals surface area contributed by atoms with Crippen LogP contribution >= 0.6 is 28.3 Å². The number of nitrogens with one attached hydrogen (secondary N) is 1. The molecule has 7 nitrogen and oxygen atoms in total. The molecule has 0 spiro atoms. The molecule has 134 valence electrons. The Bertz CT molecular complexity index is 1050. The molecule has 0 bridgehead atoms. The maximum absolute atomic E-state index is 12.4. The number of halogens is 2. The monoisotopic (exact) mass is 435 g/mol. The molecule has 3 aromatic rings. The molecule has 9 heteroatoms. The van der Waals surface area contributed by atoms with Crippen molar-refractivity contribution in [3.63, 3.8) is 0 Å². The number of hydrogen-bond donors (Lipinski definition) is 1. The number of anilines is 1. The average Bonchev–Trinajstić information content (AvgIpc) is 3.13. The zero-order chi connectivity index (χ0) is 17.4. The Balaban J connectivity index is 0.00000196. The summed E-state index contributed by atoms with van der Waals surface area (Å²) in [6, 6.07) is 7.17. The quantitative estimate of drug-likeness (QED) is 0.668. The van der Waals surface area contributed by atoms with Crippen LogP contribution in [0.5, 0.6) is 5.75 Å². The van der Waals surface area contributed by atoms with E-state index in [1.54, 1.807) is 25.4 Å². The van der Waals surface area contributed by atoms with Crippen LogP contribution in [0, 0.1) is 0 Å². The van der Waals surface area contributed by atoms with Gasteiger partial charge in [-0.1, -0.05) is 0 Å². The van der Waals surface area contributed by atoms with Crippen LogP contribution in [0.1, 0.15) is 10.4 Å². The van der Waals surface area contributed by atoms with Crippen LogP contribution in [0.2, 0.25) is 0 Å². The first kappa shape index (κ1) is 18.3. The van der Waals surface area contributed by atoms with Crippen LogP contribution in [-0.2, 0) is 6.54 Å². The number of carbonyl (C=O) groups excluding carboxylic acids is 1. The van der Waals surface area contributed by atoms with Gasteiger partial charge in [0.2, 0.25) is 5.62 Å². The third-order valence-corrected chi connectivity index (χ3v) is 4.61. The molecule has 1 aliphatic rings. The number of nitrogens with zero attached hydrogens (tertiary/aromatic N) is 4. The molecule has 0 radical (unpaired) electrons. The van der Waals surface area contributed by atoms with Gasteiger partial charge in [-0.3, -0.25) is 14.3 Å². The van der Waals surface area contributed by atoms with Crippen LogP contribution in [0.4, 0.5) is 5.82 Å². The van der Waals surface area contributed by atoms with Crippen molar-refractivity contribution in [3.8, 4) is 5.75 Å². The zero-order valence-corrected chi connectivity index (χ0v) is 16.2. The van der Waals surface area contributed by atoms with Crippen molar-refractivity contribution in [1.82, 2.24) is 14.5 Å². The van der Waals surface area contributed by atoms with Crippen molar-refractivity contribution in [3.05, 3.63) is 52.3 Å². The van der Waals surface area contributed by atoms with Crippen molar-refractivity contribution in [2.75, 3.05) is 19.0 Å². The van der Waals surface area contributed by atoms with Crippen molar-refractivity contribution >= 4 is 51.0 Å². The highest BCUT2D eigenvalue weighted by atomic mass is 79.9. The minimum absolute atomic E-state index is 0. The lowest BCUT2D eigenvalue weighted by molar-refractivity contribution is 0.0996. The normalized spacial score (nSPS) is 13.1. The fraction of sp³-hybridized carbons (Fsp3) is 0.176. The number of carbonyl (C=O) groups is 1. The van der Waals surface area contributed by atoms with E-state index in [0.717, 1.165) is 22.2 Å². The SMILES string of the molecule is COc1cc2nc(=NC(=O)c3cccnc3)n3c(c2cc1Br)NCC3.Cl. The molecule has 0 aliphatic carbocycles. The van der Waals surface area contributed by atoms with E-state index >= 15 is 0 Å². The molecule has 0 atom stereocenters. The summed E-state index contributed by atoms with van der Waals surface area (Å²) in [5, 5.41) is 4.28. The summed E-state index contributed by atoms with van der Waals surface area (Å²) in [4.78, 5) is 25.2. The van der Waals surface area contributed by atoms with E-state index in [0.29, 0.717) is 29.0 Å². The molecule has 1 aromatic carbocycles. The third-order valence-electron chi connectivity index (χ3n) is 3.99. The highest BCUT2D eigenvalue weighted by molar-refractivity contribution is 9.10. The van der Waals surface area contributed by atoms with Crippen molar-refractivity contribution in [2.24, 2.45) is 4.99 Å². The molecular formula is C17H15BrClN5O2. The number of rotatable bonds is 2. The van der Waals surface area contributed by atoms with Crippen LogP contribution in [0.25, 0.3) is 10.9 Å². The van der Waals surface area contributed by atoms with Gasteiger partial charge in [0.15, 0.2) is 0 Å². The Hall–Kier alpha value is -2.45. The van der Waals surface area contributed by atoms with E-state index < -0.39 is 0 Å². The maximum Gasteiger partial charge on any atom is 0.281 e. The van der Waals surface area contributed by atoms with Gasteiger partial charge in [-0.15, -0.1) is 12.4 Å². The van der Waals surface area contributed by atoms with Crippen LogP contribution in [0.15, 0.2) is 46.1 Å². The van der Waals surface area contributed by atoms with Crippen molar-refractivity contribution in [1.29, 1.82) is 0 Å². The average molecular weight is 437 g/mol. The topological polar surface area (TPSA) is 81.4 Å². The molecular weight excluding hydrogens is 422 g/mol. The van der Waals surface area contributed by atoms with Crippen LogP contribution in [-0.4, -0.2) is 34.1 Å². The molecule has 0 fully saturated rings. The van der Waals surface area contributed by atoms with Gasteiger partial charge in [0.1, 0.15) is 11.6 Å². The van der Waals surface area contributed by atoms with E-state index in [1.807, 2.05) is 16.7 Å². The number of fused-ring (bicyclic) bond motifs is 3. The fourth-order valence-electron chi connectivity index (χ4n) is 2.81. The molecule has 2 aromatic heterocycles. The van der Waals surface area contributed by atoms with E-state index in [-0.39, 0.29) is 18.3 Å². The van der Waals surface area contributed by atoms with Gasteiger partial charge in [0.05, 0.1) is 22.7 Å². The highest BCUT2D eigenvalue weighted by Crippen LogP contribution is 2.32. The standard InChI is InChI=1S/C17H14BrN5O2.ClH/c1-25-14-8-13-11(7-12(14)18)15-20-5-6-23(15)17(21-13)22-16(24)10-3-2-4-19-9-10;/h2-4,7-9,20H,5-6H2,1H3;1H.